The van der Waals surface area contributed by atoms with Gasteiger partial charge in [-0.05, 0) is 19.3 Å². The number of hydrogen-bond acceptors (Lipinski definition) is 5. The highest BCUT2D eigenvalue weighted by Crippen LogP contribution is 2.27. The number of hydrazine groups is 1. The van der Waals surface area contributed by atoms with E-state index in [1.165, 1.54) is 0 Å². The van der Waals surface area contributed by atoms with E-state index in [9.17, 15) is 0 Å². The van der Waals surface area contributed by atoms with Crippen molar-refractivity contribution in [2.45, 2.75) is 38.5 Å². The van der Waals surface area contributed by atoms with Crippen LogP contribution in [0, 0.1) is 0 Å². The van der Waals surface area contributed by atoms with Gasteiger partial charge in [-0.3, -0.25) is 0 Å². The van der Waals surface area contributed by atoms with Gasteiger partial charge < -0.3 is 10.2 Å². The third-order valence-corrected chi connectivity index (χ3v) is 3.79. The van der Waals surface area contributed by atoms with E-state index in [4.69, 9.17) is 10.6 Å². The number of hydrogen-bond donors (Lipinski definition) is 2. The van der Waals surface area contributed by atoms with Crippen LogP contribution in [0.15, 0.2) is 12.1 Å². The highest BCUT2D eigenvalue weighted by atomic mass is 16.5. The normalized spacial score (nSPS) is 16.7. The first-order chi connectivity index (χ1) is 9.81. The molecule has 6 nitrogen and oxygen atoms in total. The van der Waals surface area contributed by atoms with Gasteiger partial charge in [0.2, 0.25) is 0 Å². The Kier molecular flexibility index (Phi) is 3.84. The maximum absolute atomic E-state index is 5.61. The molecule has 1 aliphatic rings. The van der Waals surface area contributed by atoms with Crippen LogP contribution in [-0.4, -0.2) is 27.8 Å². The Morgan fingerprint density at radius 3 is 2.90 bits per heavy atom. The highest BCUT2D eigenvalue weighted by Gasteiger charge is 2.20. The Balaban J connectivity index is 2.00. The quantitative estimate of drug-likeness (QED) is 0.658. The Labute approximate surface area is 118 Å². The first-order valence-electron chi connectivity index (χ1n) is 7.25. The molecular formula is C14H21N5O. The number of rotatable bonds is 4. The summed E-state index contributed by atoms with van der Waals surface area (Å²) in [6.45, 7) is 3.77. The Morgan fingerprint density at radius 2 is 2.20 bits per heavy atom. The first-order valence-corrected chi connectivity index (χ1v) is 7.25. The van der Waals surface area contributed by atoms with E-state index >= 15 is 0 Å². The van der Waals surface area contributed by atoms with Crippen LogP contribution in [0.2, 0.25) is 0 Å². The lowest BCUT2D eigenvalue weighted by Crippen LogP contribution is -2.15. The largest absolute Gasteiger partial charge is 0.381 e. The van der Waals surface area contributed by atoms with Gasteiger partial charge in [0.15, 0.2) is 5.65 Å². The van der Waals surface area contributed by atoms with E-state index < -0.39 is 0 Å². The van der Waals surface area contributed by atoms with E-state index in [1.807, 2.05) is 6.07 Å². The number of nitrogens with one attached hydrogen (secondary N) is 1. The summed E-state index contributed by atoms with van der Waals surface area (Å²) in [6.07, 6.45) is 4.06. The topological polar surface area (TPSA) is 77.5 Å². The van der Waals surface area contributed by atoms with Crippen LogP contribution in [0.1, 0.15) is 43.5 Å². The zero-order valence-corrected chi connectivity index (χ0v) is 11.8. The molecule has 20 heavy (non-hydrogen) atoms. The molecule has 0 saturated carbocycles. The van der Waals surface area contributed by atoms with E-state index in [0.717, 1.165) is 61.7 Å². The van der Waals surface area contributed by atoms with E-state index in [1.54, 1.807) is 4.52 Å². The lowest BCUT2D eigenvalue weighted by molar-refractivity contribution is 0.0844. The number of nitrogen functional groups attached to an aromatic ring is 1. The van der Waals surface area contributed by atoms with Crippen molar-refractivity contribution in [1.82, 2.24) is 14.6 Å². The Morgan fingerprint density at radius 1 is 1.40 bits per heavy atom. The van der Waals surface area contributed by atoms with E-state index in [2.05, 4.69) is 28.5 Å². The second kappa shape index (κ2) is 5.76. The van der Waals surface area contributed by atoms with Crippen molar-refractivity contribution < 1.29 is 4.74 Å². The van der Waals surface area contributed by atoms with Crippen molar-refractivity contribution in [1.29, 1.82) is 0 Å². The molecule has 2 aromatic heterocycles. The van der Waals surface area contributed by atoms with Gasteiger partial charge in [-0.15, -0.1) is 0 Å². The summed E-state index contributed by atoms with van der Waals surface area (Å²) in [7, 11) is 0. The van der Waals surface area contributed by atoms with Crippen molar-refractivity contribution in [2.75, 3.05) is 18.6 Å². The fourth-order valence-electron chi connectivity index (χ4n) is 2.72. The minimum atomic E-state index is 0.464. The minimum Gasteiger partial charge on any atom is -0.381 e. The van der Waals surface area contributed by atoms with Crippen LogP contribution in [0.5, 0.6) is 0 Å². The average molecular weight is 275 g/mol. The molecule has 0 radical (unpaired) electrons. The molecule has 0 unspecified atom stereocenters. The molecule has 0 aromatic carbocycles. The zero-order chi connectivity index (χ0) is 13.9. The second-order valence-electron chi connectivity index (χ2n) is 5.25. The predicted octanol–water partition coefficient (Wildman–Crippen LogP) is 1.86. The zero-order valence-electron chi connectivity index (χ0n) is 11.8. The Hall–Kier alpha value is -1.66. The summed E-state index contributed by atoms with van der Waals surface area (Å²) in [4.78, 5) is 4.66. The molecule has 0 bridgehead atoms. The van der Waals surface area contributed by atoms with E-state index in [-0.39, 0.29) is 0 Å². The van der Waals surface area contributed by atoms with Gasteiger partial charge in [-0.2, -0.15) is 9.61 Å². The first kappa shape index (κ1) is 13.3. The number of aryl methyl sites for hydroxylation is 1. The Bertz CT molecular complexity index is 589. The standard InChI is InChI=1S/C14H21N5O/c1-2-3-11-8-14(17-15)19-13(16-11)9-12(18-19)10-4-6-20-7-5-10/h8-10,17H,2-7,15H2,1H3. The van der Waals surface area contributed by atoms with Crippen LogP contribution >= 0.6 is 0 Å². The maximum Gasteiger partial charge on any atom is 0.157 e. The van der Waals surface area contributed by atoms with Crippen LogP contribution < -0.4 is 11.3 Å². The molecule has 0 amide bonds. The average Bonchev–Trinajstić information content (AvgIpc) is 2.91. The van der Waals surface area contributed by atoms with Crippen molar-refractivity contribution >= 4 is 11.5 Å². The molecule has 3 N–H and O–H groups in total. The van der Waals surface area contributed by atoms with Gasteiger partial charge in [0.25, 0.3) is 0 Å². The molecule has 6 heteroatoms. The number of anilines is 1. The summed E-state index contributed by atoms with van der Waals surface area (Å²) in [5, 5.41) is 4.66. The fourth-order valence-corrected chi connectivity index (χ4v) is 2.72. The number of nitrogens with zero attached hydrogens (tertiary/aromatic N) is 3. The van der Waals surface area contributed by atoms with Gasteiger partial charge in [-0.25, -0.2) is 10.8 Å². The van der Waals surface area contributed by atoms with Gasteiger partial charge in [0, 0.05) is 37.0 Å². The maximum atomic E-state index is 5.61. The monoisotopic (exact) mass is 275 g/mol. The molecule has 1 saturated heterocycles. The van der Waals surface area contributed by atoms with Gasteiger partial charge >= 0.3 is 0 Å². The van der Waals surface area contributed by atoms with Crippen molar-refractivity contribution in [2.24, 2.45) is 5.84 Å². The molecule has 0 aliphatic carbocycles. The van der Waals surface area contributed by atoms with Crippen molar-refractivity contribution in [3.8, 4) is 0 Å². The van der Waals surface area contributed by atoms with Gasteiger partial charge in [0.1, 0.15) is 5.82 Å². The number of nitrogens with two attached hydrogens (primary N) is 1. The number of ether oxygens (including phenoxy) is 1. The number of aromatic nitrogens is 3. The lowest BCUT2D eigenvalue weighted by atomic mass is 9.97. The molecule has 3 heterocycles. The summed E-state index contributed by atoms with van der Waals surface area (Å²) < 4.78 is 7.20. The third kappa shape index (κ3) is 2.48. The molecule has 0 atom stereocenters. The minimum absolute atomic E-state index is 0.464. The van der Waals surface area contributed by atoms with Gasteiger partial charge in [-0.1, -0.05) is 13.3 Å². The summed E-state index contributed by atoms with van der Waals surface area (Å²) in [5.74, 6) is 6.86. The molecule has 3 rings (SSSR count). The van der Waals surface area contributed by atoms with Crippen molar-refractivity contribution in [3.63, 3.8) is 0 Å². The van der Waals surface area contributed by atoms with E-state index in [0.29, 0.717) is 5.92 Å². The summed E-state index contributed by atoms with van der Waals surface area (Å²) >= 11 is 0. The molecular weight excluding hydrogens is 254 g/mol. The highest BCUT2D eigenvalue weighted by molar-refractivity contribution is 5.50. The molecule has 108 valence electrons. The lowest BCUT2D eigenvalue weighted by Gasteiger charge is -2.19. The van der Waals surface area contributed by atoms with Crippen molar-refractivity contribution in [3.05, 3.63) is 23.5 Å². The summed E-state index contributed by atoms with van der Waals surface area (Å²) in [5.41, 5.74) is 5.72. The third-order valence-electron chi connectivity index (χ3n) is 3.79. The van der Waals surface area contributed by atoms with Crippen LogP contribution in [0.4, 0.5) is 5.82 Å². The molecule has 1 aliphatic heterocycles. The summed E-state index contributed by atoms with van der Waals surface area (Å²) in [6, 6.07) is 4.05. The predicted molar refractivity (Wildman–Crippen MR) is 77.6 cm³/mol. The van der Waals surface area contributed by atoms with Crippen LogP contribution in [0.3, 0.4) is 0 Å². The molecule has 1 fully saturated rings. The SMILES string of the molecule is CCCc1cc(NN)n2nc(C3CCOCC3)cc2n1. The van der Waals surface area contributed by atoms with Crippen LogP contribution in [0.25, 0.3) is 5.65 Å². The number of fused-ring (bicyclic) bond motifs is 1. The smallest absolute Gasteiger partial charge is 0.157 e. The van der Waals surface area contributed by atoms with Gasteiger partial charge in [0.05, 0.1) is 5.69 Å². The molecule has 0 spiro atoms. The molecule has 2 aromatic rings. The second-order valence-corrected chi connectivity index (χ2v) is 5.25. The van der Waals surface area contributed by atoms with Crippen LogP contribution in [-0.2, 0) is 11.2 Å². The fraction of sp³-hybridized carbons (Fsp3) is 0.571.